The van der Waals surface area contributed by atoms with E-state index >= 15 is 0 Å². The summed E-state index contributed by atoms with van der Waals surface area (Å²) in [6, 6.07) is 5.85. The number of carbonyl (C=O) groups is 2. The highest BCUT2D eigenvalue weighted by atomic mass is 35.5. The van der Waals surface area contributed by atoms with Gasteiger partial charge in [0.05, 0.1) is 0 Å². The smallest absolute Gasteiger partial charge is 0.253 e. The number of anilines is 1. The highest BCUT2D eigenvalue weighted by Gasteiger charge is 2.32. The minimum absolute atomic E-state index is 0.0416. The van der Waals surface area contributed by atoms with Gasteiger partial charge >= 0.3 is 0 Å². The van der Waals surface area contributed by atoms with Gasteiger partial charge in [-0.1, -0.05) is 41.5 Å². The fraction of sp³-hybridized carbons (Fsp3) is 0.385. The second-order valence-corrected chi connectivity index (χ2v) is 8.98. The van der Waals surface area contributed by atoms with E-state index in [2.05, 4.69) is 0 Å². The van der Waals surface area contributed by atoms with Gasteiger partial charge in [-0.25, -0.2) is 0 Å². The number of amides is 2. The van der Waals surface area contributed by atoms with Crippen molar-refractivity contribution < 1.29 is 9.59 Å². The number of halogens is 1. The third-order valence-electron chi connectivity index (χ3n) is 6.29. The molecule has 1 aromatic rings. The predicted molar refractivity (Wildman–Crippen MR) is 126 cm³/mol. The number of aryl methyl sites for hydroxylation is 1. The summed E-state index contributed by atoms with van der Waals surface area (Å²) < 4.78 is 0. The van der Waals surface area contributed by atoms with Gasteiger partial charge in [0.2, 0.25) is 5.91 Å². The predicted octanol–water partition coefficient (Wildman–Crippen LogP) is 5.25. The number of carbonyl (C=O) groups excluding carboxylic acids is 2. The van der Waals surface area contributed by atoms with Crippen LogP contribution in [0.1, 0.15) is 38.2 Å². The number of rotatable bonds is 2. The standard InChI is InChI=1S/C26H29ClN2O2/c1-19-7-3-2-4-9-22(17-19)25(30)28-15-12-20(13-16-28)26(31)29-14-6-5-8-21-18-23(27)10-11-24(21)29/h2-4,7,9-11,17-18,20H,5-6,8,12-16H2,1H3/b3-2?,4-2+,7-3?,9-4?,19-7?,19-17?,22-9+,22-17?. The number of nitrogens with zero attached hydrogens (tertiary/aromatic N) is 2. The fourth-order valence-electron chi connectivity index (χ4n) is 4.59. The summed E-state index contributed by atoms with van der Waals surface area (Å²) in [5.41, 5.74) is 3.91. The Morgan fingerprint density at radius 1 is 1.03 bits per heavy atom. The summed E-state index contributed by atoms with van der Waals surface area (Å²) in [5.74, 6) is 0.184. The number of allylic oxidation sites excluding steroid dienone is 6. The quantitative estimate of drug-likeness (QED) is 0.635. The number of fused-ring (bicyclic) bond motifs is 1. The summed E-state index contributed by atoms with van der Waals surface area (Å²) in [6.45, 7) is 3.97. The molecule has 2 heterocycles. The van der Waals surface area contributed by atoms with E-state index in [-0.39, 0.29) is 17.7 Å². The molecule has 5 heteroatoms. The van der Waals surface area contributed by atoms with Crippen molar-refractivity contribution in [2.45, 2.75) is 39.0 Å². The van der Waals surface area contributed by atoms with Crippen LogP contribution in [0.25, 0.3) is 0 Å². The zero-order valence-corrected chi connectivity index (χ0v) is 18.8. The lowest BCUT2D eigenvalue weighted by Crippen LogP contribution is -2.45. The van der Waals surface area contributed by atoms with Crippen LogP contribution < -0.4 is 4.90 Å². The highest BCUT2D eigenvalue weighted by molar-refractivity contribution is 6.30. The molecular weight excluding hydrogens is 408 g/mol. The lowest BCUT2D eigenvalue weighted by molar-refractivity contribution is -0.131. The SMILES string of the molecule is CC1=C/C(C(=O)N2CCC(C(=O)N3CCCCc4cc(Cl)ccc43)CC2)=C\C=C\C=C1. The van der Waals surface area contributed by atoms with Crippen molar-refractivity contribution in [1.82, 2.24) is 4.90 Å². The Hall–Kier alpha value is -2.59. The molecule has 1 aromatic carbocycles. The van der Waals surface area contributed by atoms with Crippen molar-refractivity contribution in [1.29, 1.82) is 0 Å². The van der Waals surface area contributed by atoms with E-state index in [0.717, 1.165) is 47.7 Å². The average molecular weight is 437 g/mol. The van der Waals surface area contributed by atoms with Crippen LogP contribution in [0.3, 0.4) is 0 Å². The van der Waals surface area contributed by atoms with Gasteiger partial charge in [0.25, 0.3) is 5.91 Å². The minimum atomic E-state index is -0.0444. The van der Waals surface area contributed by atoms with Gasteiger partial charge in [0.15, 0.2) is 0 Å². The van der Waals surface area contributed by atoms with Crippen molar-refractivity contribution in [2.24, 2.45) is 5.92 Å². The van der Waals surface area contributed by atoms with Crippen molar-refractivity contribution in [3.63, 3.8) is 0 Å². The van der Waals surface area contributed by atoms with Crippen molar-refractivity contribution in [3.8, 4) is 0 Å². The van der Waals surface area contributed by atoms with E-state index in [1.807, 2.05) is 71.4 Å². The molecule has 0 atom stereocenters. The van der Waals surface area contributed by atoms with Gasteiger partial charge in [-0.15, -0.1) is 0 Å². The Balaban J connectivity index is 1.43. The van der Waals surface area contributed by atoms with Crippen LogP contribution in [0.4, 0.5) is 5.69 Å². The molecule has 2 amide bonds. The Labute approximate surface area is 189 Å². The molecule has 1 aliphatic carbocycles. The molecule has 1 saturated heterocycles. The molecule has 0 spiro atoms. The van der Waals surface area contributed by atoms with Crippen LogP contribution in [0, 0.1) is 5.92 Å². The molecule has 2 aliphatic heterocycles. The van der Waals surface area contributed by atoms with Crippen LogP contribution in [0.5, 0.6) is 0 Å². The Bertz CT molecular complexity index is 981. The zero-order valence-electron chi connectivity index (χ0n) is 18.0. The summed E-state index contributed by atoms with van der Waals surface area (Å²) in [7, 11) is 0. The van der Waals surface area contributed by atoms with Crippen molar-refractivity contribution >= 4 is 29.1 Å². The molecule has 0 N–H and O–H groups in total. The molecule has 4 rings (SSSR count). The molecule has 0 radical (unpaired) electrons. The molecule has 0 bridgehead atoms. The zero-order chi connectivity index (χ0) is 21.8. The molecule has 162 valence electrons. The summed E-state index contributed by atoms with van der Waals surface area (Å²) >= 11 is 6.19. The molecule has 0 unspecified atom stereocenters. The van der Waals surface area contributed by atoms with Gasteiger partial charge in [-0.05, 0) is 74.9 Å². The maximum Gasteiger partial charge on any atom is 0.253 e. The number of hydrogen-bond acceptors (Lipinski definition) is 2. The van der Waals surface area contributed by atoms with Crippen LogP contribution in [-0.2, 0) is 16.0 Å². The topological polar surface area (TPSA) is 40.6 Å². The normalized spacial score (nSPS) is 22.4. The van der Waals surface area contributed by atoms with E-state index in [1.54, 1.807) is 0 Å². The second-order valence-electron chi connectivity index (χ2n) is 8.54. The van der Waals surface area contributed by atoms with Crippen molar-refractivity contribution in [3.05, 3.63) is 76.4 Å². The van der Waals surface area contributed by atoms with E-state index in [4.69, 9.17) is 11.6 Å². The summed E-state index contributed by atoms with van der Waals surface area (Å²) in [5, 5.41) is 0.720. The first-order valence-corrected chi connectivity index (χ1v) is 11.5. The lowest BCUT2D eigenvalue weighted by Gasteiger charge is -2.34. The average Bonchev–Trinajstić information content (AvgIpc) is 2.97. The largest absolute Gasteiger partial charge is 0.339 e. The van der Waals surface area contributed by atoms with Crippen LogP contribution in [0.2, 0.25) is 5.02 Å². The maximum atomic E-state index is 13.4. The Kier molecular flexibility index (Phi) is 6.77. The summed E-state index contributed by atoms with van der Waals surface area (Å²) in [4.78, 5) is 30.3. The first kappa shape index (κ1) is 21.6. The van der Waals surface area contributed by atoms with Crippen molar-refractivity contribution in [2.75, 3.05) is 24.5 Å². The third-order valence-corrected chi connectivity index (χ3v) is 6.53. The van der Waals surface area contributed by atoms with E-state index in [0.29, 0.717) is 31.5 Å². The Morgan fingerprint density at radius 3 is 2.65 bits per heavy atom. The highest BCUT2D eigenvalue weighted by Crippen LogP contribution is 2.32. The van der Waals surface area contributed by atoms with E-state index in [9.17, 15) is 9.59 Å². The van der Waals surface area contributed by atoms with Gasteiger partial charge in [0.1, 0.15) is 0 Å². The van der Waals surface area contributed by atoms with Crippen LogP contribution in [0.15, 0.2) is 65.8 Å². The minimum Gasteiger partial charge on any atom is -0.339 e. The van der Waals surface area contributed by atoms with Gasteiger partial charge in [0, 0.05) is 41.8 Å². The van der Waals surface area contributed by atoms with Crippen LogP contribution >= 0.6 is 11.6 Å². The number of piperidine rings is 1. The number of hydrogen-bond donors (Lipinski definition) is 0. The molecular formula is C26H29ClN2O2. The third kappa shape index (κ3) is 5.01. The fourth-order valence-corrected chi connectivity index (χ4v) is 4.78. The Morgan fingerprint density at radius 2 is 1.84 bits per heavy atom. The van der Waals surface area contributed by atoms with Gasteiger partial charge < -0.3 is 9.80 Å². The maximum absolute atomic E-state index is 13.4. The monoisotopic (exact) mass is 436 g/mol. The second kappa shape index (κ2) is 9.69. The first-order chi connectivity index (χ1) is 15.0. The summed E-state index contributed by atoms with van der Waals surface area (Å²) in [6.07, 6.45) is 16.0. The molecule has 31 heavy (non-hydrogen) atoms. The number of benzene rings is 1. The first-order valence-electron chi connectivity index (χ1n) is 11.2. The molecule has 3 aliphatic rings. The van der Waals surface area contributed by atoms with Gasteiger partial charge in [-0.3, -0.25) is 9.59 Å². The number of likely N-dealkylation sites (tertiary alicyclic amines) is 1. The molecule has 1 fully saturated rings. The van der Waals surface area contributed by atoms with E-state index < -0.39 is 0 Å². The van der Waals surface area contributed by atoms with Crippen LogP contribution in [-0.4, -0.2) is 36.3 Å². The lowest BCUT2D eigenvalue weighted by atomic mass is 9.94. The molecule has 0 aromatic heterocycles. The molecule has 0 saturated carbocycles. The molecule has 4 nitrogen and oxygen atoms in total. The van der Waals surface area contributed by atoms with E-state index in [1.165, 1.54) is 0 Å². The van der Waals surface area contributed by atoms with Gasteiger partial charge in [-0.2, -0.15) is 0 Å².